The van der Waals surface area contributed by atoms with E-state index in [1.807, 2.05) is 26.4 Å². The fraction of sp³-hybridized carbons (Fsp3) is 0.308. The highest BCUT2D eigenvalue weighted by atomic mass is 19.1. The van der Waals surface area contributed by atoms with Crippen LogP contribution in [0.2, 0.25) is 0 Å². The molecule has 0 spiro atoms. The van der Waals surface area contributed by atoms with Crippen LogP contribution in [0.5, 0.6) is 5.75 Å². The third kappa shape index (κ3) is 3.30. The van der Waals surface area contributed by atoms with Gasteiger partial charge in [0.15, 0.2) is 0 Å². The molecule has 1 N–H and O–H groups in total. The predicted octanol–water partition coefficient (Wildman–Crippen LogP) is 1.86. The van der Waals surface area contributed by atoms with Crippen molar-refractivity contribution in [2.75, 3.05) is 7.05 Å². The number of halogens is 1. The maximum Gasteiger partial charge on any atom is 0.127 e. The van der Waals surface area contributed by atoms with Crippen molar-refractivity contribution in [1.82, 2.24) is 15.1 Å². The zero-order valence-corrected chi connectivity index (χ0v) is 10.5. The van der Waals surface area contributed by atoms with E-state index in [1.165, 1.54) is 12.1 Å². The lowest BCUT2D eigenvalue weighted by Crippen LogP contribution is -2.05. The maximum atomic E-state index is 13.4. The lowest BCUT2D eigenvalue weighted by molar-refractivity contribution is 0.304. The standard InChI is InChI=1S/C13H16FN3O/c1-15-6-10-3-12(14)5-13(4-10)18-9-11-7-16-17(2)8-11/h3-5,7-8,15H,6,9H2,1-2H3. The maximum absolute atomic E-state index is 13.4. The smallest absolute Gasteiger partial charge is 0.127 e. The van der Waals surface area contributed by atoms with E-state index in [4.69, 9.17) is 4.74 Å². The van der Waals surface area contributed by atoms with E-state index in [0.717, 1.165) is 11.1 Å². The molecule has 0 amide bonds. The summed E-state index contributed by atoms with van der Waals surface area (Å²) in [5, 5.41) is 7.03. The molecule has 1 heterocycles. The molecule has 0 atom stereocenters. The second-order valence-corrected chi connectivity index (χ2v) is 4.14. The van der Waals surface area contributed by atoms with Crippen LogP contribution in [-0.2, 0) is 20.2 Å². The summed E-state index contributed by atoms with van der Waals surface area (Å²) in [5.41, 5.74) is 1.82. The summed E-state index contributed by atoms with van der Waals surface area (Å²) in [6.07, 6.45) is 3.60. The van der Waals surface area contributed by atoms with Crippen molar-refractivity contribution in [3.8, 4) is 5.75 Å². The van der Waals surface area contributed by atoms with Crippen LogP contribution in [0.3, 0.4) is 0 Å². The third-order valence-electron chi connectivity index (χ3n) is 2.48. The molecule has 1 aromatic heterocycles. The lowest BCUT2D eigenvalue weighted by atomic mass is 10.2. The number of hydrogen-bond acceptors (Lipinski definition) is 3. The number of nitrogens with one attached hydrogen (secondary N) is 1. The van der Waals surface area contributed by atoms with Crippen LogP contribution < -0.4 is 10.1 Å². The molecule has 4 nitrogen and oxygen atoms in total. The Balaban J connectivity index is 2.04. The van der Waals surface area contributed by atoms with E-state index in [-0.39, 0.29) is 5.82 Å². The van der Waals surface area contributed by atoms with Crippen molar-refractivity contribution in [3.63, 3.8) is 0 Å². The van der Waals surface area contributed by atoms with Gasteiger partial charge in [-0.3, -0.25) is 4.68 Å². The lowest BCUT2D eigenvalue weighted by Gasteiger charge is -2.07. The summed E-state index contributed by atoms with van der Waals surface area (Å²) in [4.78, 5) is 0. The van der Waals surface area contributed by atoms with E-state index in [2.05, 4.69) is 10.4 Å². The Labute approximate surface area is 105 Å². The van der Waals surface area contributed by atoms with Gasteiger partial charge in [-0.15, -0.1) is 0 Å². The first kappa shape index (κ1) is 12.6. The van der Waals surface area contributed by atoms with Gasteiger partial charge >= 0.3 is 0 Å². The van der Waals surface area contributed by atoms with E-state index < -0.39 is 0 Å². The van der Waals surface area contributed by atoms with Crippen molar-refractivity contribution in [2.45, 2.75) is 13.2 Å². The number of ether oxygens (including phenoxy) is 1. The van der Waals surface area contributed by atoms with Crippen LogP contribution in [0.4, 0.5) is 4.39 Å². The summed E-state index contributed by atoms with van der Waals surface area (Å²) >= 11 is 0. The van der Waals surface area contributed by atoms with Crippen LogP contribution >= 0.6 is 0 Å². The Morgan fingerprint density at radius 1 is 1.33 bits per heavy atom. The molecular formula is C13H16FN3O. The Bertz CT molecular complexity index is 525. The second kappa shape index (κ2) is 5.64. The number of aromatic nitrogens is 2. The molecule has 2 rings (SSSR count). The summed E-state index contributed by atoms with van der Waals surface area (Å²) in [7, 11) is 3.66. The molecule has 0 aliphatic carbocycles. The van der Waals surface area contributed by atoms with Crippen LogP contribution in [0, 0.1) is 5.82 Å². The van der Waals surface area contributed by atoms with Crippen LogP contribution in [0.15, 0.2) is 30.6 Å². The van der Waals surface area contributed by atoms with Crippen molar-refractivity contribution in [1.29, 1.82) is 0 Å². The second-order valence-electron chi connectivity index (χ2n) is 4.14. The molecular weight excluding hydrogens is 233 g/mol. The average molecular weight is 249 g/mol. The van der Waals surface area contributed by atoms with Crippen LogP contribution in [-0.4, -0.2) is 16.8 Å². The SMILES string of the molecule is CNCc1cc(F)cc(OCc2cnn(C)c2)c1. The fourth-order valence-corrected chi connectivity index (χ4v) is 1.72. The highest BCUT2D eigenvalue weighted by Gasteiger charge is 2.03. The van der Waals surface area contributed by atoms with Crippen LogP contribution in [0.25, 0.3) is 0 Å². The van der Waals surface area contributed by atoms with Gasteiger partial charge in [0.25, 0.3) is 0 Å². The van der Waals surface area contributed by atoms with Gasteiger partial charge in [-0.05, 0) is 24.7 Å². The Morgan fingerprint density at radius 3 is 2.83 bits per heavy atom. The zero-order valence-electron chi connectivity index (χ0n) is 10.5. The Hall–Kier alpha value is -1.88. The van der Waals surface area contributed by atoms with Crippen molar-refractivity contribution < 1.29 is 9.13 Å². The topological polar surface area (TPSA) is 39.1 Å². The van der Waals surface area contributed by atoms with Crippen LogP contribution in [0.1, 0.15) is 11.1 Å². The summed E-state index contributed by atoms with van der Waals surface area (Å²) < 4.78 is 20.6. The number of nitrogens with zero attached hydrogens (tertiary/aromatic N) is 2. The monoisotopic (exact) mass is 249 g/mol. The highest BCUT2D eigenvalue weighted by Crippen LogP contribution is 2.17. The van der Waals surface area contributed by atoms with Gasteiger partial charge in [-0.25, -0.2) is 4.39 Å². The molecule has 0 fully saturated rings. The fourth-order valence-electron chi connectivity index (χ4n) is 1.72. The van der Waals surface area contributed by atoms with Gasteiger partial charge in [0, 0.05) is 31.4 Å². The molecule has 0 saturated carbocycles. The number of hydrogen-bond donors (Lipinski definition) is 1. The minimum Gasteiger partial charge on any atom is -0.489 e. The summed E-state index contributed by atoms with van der Waals surface area (Å²) in [6, 6.07) is 4.71. The van der Waals surface area contributed by atoms with E-state index in [0.29, 0.717) is 18.9 Å². The molecule has 1 aromatic carbocycles. The number of rotatable bonds is 5. The molecule has 5 heteroatoms. The van der Waals surface area contributed by atoms with E-state index in [1.54, 1.807) is 10.9 Å². The first-order valence-corrected chi connectivity index (χ1v) is 5.72. The minimum atomic E-state index is -0.288. The van der Waals surface area contributed by atoms with Crippen molar-refractivity contribution in [3.05, 3.63) is 47.5 Å². The van der Waals surface area contributed by atoms with E-state index in [9.17, 15) is 4.39 Å². The molecule has 0 unspecified atom stereocenters. The van der Waals surface area contributed by atoms with Gasteiger partial charge in [0.05, 0.1) is 6.20 Å². The summed E-state index contributed by atoms with van der Waals surface area (Å²) in [5.74, 6) is 0.244. The first-order chi connectivity index (χ1) is 8.67. The molecule has 0 radical (unpaired) electrons. The quantitative estimate of drug-likeness (QED) is 0.879. The average Bonchev–Trinajstić information content (AvgIpc) is 2.72. The molecule has 0 aliphatic rings. The number of benzene rings is 1. The zero-order chi connectivity index (χ0) is 13.0. The predicted molar refractivity (Wildman–Crippen MR) is 66.7 cm³/mol. The molecule has 96 valence electrons. The molecule has 2 aromatic rings. The van der Waals surface area contributed by atoms with E-state index >= 15 is 0 Å². The molecule has 18 heavy (non-hydrogen) atoms. The largest absolute Gasteiger partial charge is 0.489 e. The van der Waals surface area contributed by atoms with Gasteiger partial charge in [0.2, 0.25) is 0 Å². The van der Waals surface area contributed by atoms with Gasteiger partial charge in [0.1, 0.15) is 18.2 Å². The third-order valence-corrected chi connectivity index (χ3v) is 2.48. The minimum absolute atomic E-state index is 0.288. The molecule has 0 aliphatic heterocycles. The molecule has 0 saturated heterocycles. The van der Waals surface area contributed by atoms with Gasteiger partial charge in [-0.2, -0.15) is 5.10 Å². The first-order valence-electron chi connectivity index (χ1n) is 5.72. The molecule has 0 bridgehead atoms. The highest BCUT2D eigenvalue weighted by molar-refractivity contribution is 5.29. The normalized spacial score (nSPS) is 10.6. The Morgan fingerprint density at radius 2 is 2.17 bits per heavy atom. The van der Waals surface area contributed by atoms with Gasteiger partial charge in [-0.1, -0.05) is 0 Å². The summed E-state index contributed by atoms with van der Waals surface area (Å²) in [6.45, 7) is 0.997. The van der Waals surface area contributed by atoms with Crippen molar-refractivity contribution >= 4 is 0 Å². The Kier molecular flexibility index (Phi) is 3.94. The van der Waals surface area contributed by atoms with Crippen molar-refractivity contribution in [2.24, 2.45) is 7.05 Å². The number of aryl methyl sites for hydroxylation is 1. The van der Waals surface area contributed by atoms with Gasteiger partial charge < -0.3 is 10.1 Å².